The number of likely N-dealkylation sites (N-methyl/N-ethyl adjacent to an activating group) is 1. The second-order valence-electron chi connectivity index (χ2n) is 14.3. The van der Waals surface area contributed by atoms with Gasteiger partial charge >= 0.3 is 0 Å². The van der Waals surface area contributed by atoms with Gasteiger partial charge in [0.15, 0.2) is 0 Å². The van der Waals surface area contributed by atoms with Crippen LogP contribution in [0.25, 0.3) is 33.6 Å². The molecule has 51 heavy (non-hydrogen) atoms. The molecule has 5 aromatic rings. The Morgan fingerprint density at radius 3 is 1.71 bits per heavy atom. The summed E-state index contributed by atoms with van der Waals surface area (Å²) in [7, 11) is 7.91. The van der Waals surface area contributed by atoms with E-state index in [0.29, 0.717) is 6.42 Å². The lowest BCUT2D eigenvalue weighted by molar-refractivity contribution is -0.137. The lowest BCUT2D eigenvalue weighted by atomic mass is 10.0. The van der Waals surface area contributed by atoms with Crippen molar-refractivity contribution in [1.29, 1.82) is 0 Å². The molecule has 2 aliphatic heterocycles. The largest absolute Gasteiger partial charge is 0.340 e. The summed E-state index contributed by atoms with van der Waals surface area (Å²) >= 11 is 0. The molecule has 0 aliphatic carbocycles. The standard InChI is InChI=1S/C41H48N8O2/c1-46(2)25-22-37(50)48-23-8-12-35(48)39-42-26-33(44-39)30-18-14-28(15-19-30)29-16-20-31(21-17-29)34-27-43-40(45-34)36-13-9-24-49(36)41(51)38(47(3)4)32-10-6-5-7-11-32/h5-7,10-11,14-21,26-27,35-36,38H,8-9,12-13,22-25H2,1-4H3,(H,42,44)(H,43,45)/t35-,36-,38+/m0/s1. The minimum absolute atomic E-state index is 0.00631. The molecule has 2 aromatic heterocycles. The maximum Gasteiger partial charge on any atom is 0.245 e. The van der Waals surface area contributed by atoms with E-state index in [-0.39, 0.29) is 29.9 Å². The first-order chi connectivity index (χ1) is 24.8. The topological polar surface area (TPSA) is 104 Å². The summed E-state index contributed by atoms with van der Waals surface area (Å²) in [4.78, 5) is 51.3. The van der Waals surface area contributed by atoms with Crippen molar-refractivity contribution in [3.8, 4) is 33.6 Å². The Hall–Kier alpha value is -5.06. The average Bonchev–Trinajstić information content (AvgIpc) is 3.98. The number of imidazole rings is 2. The van der Waals surface area contributed by atoms with E-state index in [1.165, 1.54) is 0 Å². The highest BCUT2D eigenvalue weighted by Gasteiger charge is 2.37. The number of aromatic amines is 2. The van der Waals surface area contributed by atoms with Crippen molar-refractivity contribution in [2.75, 3.05) is 47.8 Å². The van der Waals surface area contributed by atoms with Gasteiger partial charge in [0.1, 0.15) is 17.7 Å². The Morgan fingerprint density at radius 1 is 0.706 bits per heavy atom. The van der Waals surface area contributed by atoms with Gasteiger partial charge in [-0.15, -0.1) is 0 Å². The molecule has 2 aliphatic rings. The average molecular weight is 685 g/mol. The van der Waals surface area contributed by atoms with Gasteiger partial charge in [-0.2, -0.15) is 0 Å². The lowest BCUT2D eigenvalue weighted by Gasteiger charge is -2.31. The van der Waals surface area contributed by atoms with E-state index in [9.17, 15) is 9.59 Å². The van der Waals surface area contributed by atoms with Crippen LogP contribution in [0.3, 0.4) is 0 Å². The quantitative estimate of drug-likeness (QED) is 0.160. The van der Waals surface area contributed by atoms with E-state index in [0.717, 1.165) is 96.2 Å². The number of likely N-dealkylation sites (tertiary alicyclic amines) is 2. The number of amides is 2. The molecule has 7 rings (SSSR count). The molecule has 10 nitrogen and oxygen atoms in total. The molecule has 2 N–H and O–H groups in total. The summed E-state index contributed by atoms with van der Waals surface area (Å²) in [5, 5.41) is 0. The molecule has 264 valence electrons. The number of aromatic nitrogens is 4. The van der Waals surface area contributed by atoms with E-state index in [2.05, 4.69) is 58.5 Å². The zero-order valence-electron chi connectivity index (χ0n) is 30.0. The summed E-state index contributed by atoms with van der Waals surface area (Å²) in [6.07, 6.45) is 8.05. The maximum absolute atomic E-state index is 13.9. The lowest BCUT2D eigenvalue weighted by Crippen LogP contribution is -2.40. The molecular formula is C41H48N8O2. The van der Waals surface area contributed by atoms with Crippen LogP contribution in [0, 0.1) is 0 Å². The molecule has 2 fully saturated rings. The second-order valence-corrected chi connectivity index (χ2v) is 14.3. The van der Waals surface area contributed by atoms with Crippen molar-refractivity contribution < 1.29 is 9.59 Å². The monoisotopic (exact) mass is 684 g/mol. The first-order valence-corrected chi connectivity index (χ1v) is 18.0. The van der Waals surface area contributed by atoms with Crippen LogP contribution in [0.15, 0.2) is 91.3 Å². The van der Waals surface area contributed by atoms with E-state index in [1.54, 1.807) is 0 Å². The zero-order chi connectivity index (χ0) is 35.5. The number of benzene rings is 3. The van der Waals surface area contributed by atoms with Crippen molar-refractivity contribution in [2.24, 2.45) is 0 Å². The van der Waals surface area contributed by atoms with Crippen LogP contribution in [0.2, 0.25) is 0 Å². The first kappa shape index (κ1) is 34.4. The van der Waals surface area contributed by atoms with Crippen molar-refractivity contribution in [3.05, 3.63) is 108 Å². The Balaban J connectivity index is 1.01. The molecule has 3 atom stereocenters. The third-order valence-corrected chi connectivity index (χ3v) is 10.3. The number of carbonyl (C=O) groups is 2. The van der Waals surface area contributed by atoms with Crippen molar-refractivity contribution in [2.45, 2.75) is 50.2 Å². The smallest absolute Gasteiger partial charge is 0.245 e. The SMILES string of the molecule is CN(C)CCC(=O)N1CCC[C@H]1c1ncc(-c2ccc(-c3ccc(-c4cnc([C@@H]5CCCN5C(=O)[C@@H](c5ccccc5)N(C)C)[nH]4)cc3)cc2)[nH]1. The molecule has 10 heteroatoms. The van der Waals surface area contributed by atoms with Crippen LogP contribution in [0.5, 0.6) is 0 Å². The van der Waals surface area contributed by atoms with E-state index < -0.39 is 0 Å². The maximum atomic E-state index is 13.9. The predicted octanol–water partition coefficient (Wildman–Crippen LogP) is 6.72. The molecule has 2 amide bonds. The molecule has 0 radical (unpaired) electrons. The number of nitrogens with zero attached hydrogens (tertiary/aromatic N) is 6. The third-order valence-electron chi connectivity index (χ3n) is 10.3. The number of H-pyrrole nitrogens is 2. The summed E-state index contributed by atoms with van der Waals surface area (Å²) in [6, 6.07) is 26.6. The van der Waals surface area contributed by atoms with E-state index >= 15 is 0 Å². The summed E-state index contributed by atoms with van der Waals surface area (Å²) in [6.45, 7) is 2.26. The second kappa shape index (κ2) is 15.0. The number of carbonyl (C=O) groups excluding carboxylic acids is 2. The Morgan fingerprint density at radius 2 is 1.20 bits per heavy atom. The van der Waals surface area contributed by atoms with Crippen molar-refractivity contribution >= 4 is 11.8 Å². The van der Waals surface area contributed by atoms with Crippen LogP contribution in [-0.2, 0) is 9.59 Å². The minimum atomic E-state index is -0.336. The highest BCUT2D eigenvalue weighted by Crippen LogP contribution is 2.36. The zero-order valence-corrected chi connectivity index (χ0v) is 30.0. The fourth-order valence-corrected chi connectivity index (χ4v) is 7.57. The van der Waals surface area contributed by atoms with Gasteiger partial charge in [0, 0.05) is 26.1 Å². The predicted molar refractivity (Wildman–Crippen MR) is 200 cm³/mol. The van der Waals surface area contributed by atoms with Crippen molar-refractivity contribution in [3.63, 3.8) is 0 Å². The van der Waals surface area contributed by atoms with Crippen LogP contribution < -0.4 is 0 Å². The highest BCUT2D eigenvalue weighted by atomic mass is 16.2. The first-order valence-electron chi connectivity index (χ1n) is 18.0. The van der Waals surface area contributed by atoms with Crippen LogP contribution in [-0.4, -0.2) is 99.2 Å². The molecule has 0 unspecified atom stereocenters. The molecule has 0 saturated carbocycles. The fraction of sp³-hybridized carbons (Fsp3) is 0.366. The molecule has 0 bridgehead atoms. The normalized spacial score (nSPS) is 18.2. The third kappa shape index (κ3) is 7.38. The van der Waals surface area contributed by atoms with Gasteiger partial charge in [0.05, 0.1) is 35.9 Å². The number of rotatable bonds is 11. The van der Waals surface area contributed by atoms with Crippen LogP contribution in [0.1, 0.15) is 67.4 Å². The van der Waals surface area contributed by atoms with E-state index in [4.69, 9.17) is 9.97 Å². The van der Waals surface area contributed by atoms with Gasteiger partial charge in [0.25, 0.3) is 0 Å². The Kier molecular flexibility index (Phi) is 10.1. The summed E-state index contributed by atoms with van der Waals surface area (Å²) < 4.78 is 0. The van der Waals surface area contributed by atoms with Gasteiger partial charge < -0.3 is 24.7 Å². The number of hydrogen-bond acceptors (Lipinski definition) is 6. The van der Waals surface area contributed by atoms with Gasteiger partial charge in [-0.05, 0) is 81.7 Å². The van der Waals surface area contributed by atoms with Gasteiger partial charge in [0.2, 0.25) is 11.8 Å². The number of hydrogen-bond donors (Lipinski definition) is 2. The molecular weight excluding hydrogens is 637 g/mol. The molecule has 2 saturated heterocycles. The van der Waals surface area contributed by atoms with Crippen LogP contribution in [0.4, 0.5) is 0 Å². The van der Waals surface area contributed by atoms with E-state index in [1.807, 2.05) is 90.5 Å². The Labute approximate surface area is 300 Å². The van der Waals surface area contributed by atoms with Crippen LogP contribution >= 0.6 is 0 Å². The Bertz CT molecular complexity index is 1930. The number of nitrogens with one attached hydrogen (secondary N) is 2. The van der Waals surface area contributed by atoms with Crippen molar-refractivity contribution in [1.82, 2.24) is 39.5 Å². The minimum Gasteiger partial charge on any atom is -0.340 e. The van der Waals surface area contributed by atoms with Gasteiger partial charge in [-0.3, -0.25) is 14.5 Å². The molecule has 0 spiro atoms. The van der Waals surface area contributed by atoms with Gasteiger partial charge in [-0.1, -0.05) is 78.9 Å². The summed E-state index contributed by atoms with van der Waals surface area (Å²) in [5.74, 6) is 1.99. The van der Waals surface area contributed by atoms with Gasteiger partial charge in [-0.25, -0.2) is 9.97 Å². The summed E-state index contributed by atoms with van der Waals surface area (Å²) in [5.41, 5.74) is 7.24. The highest BCUT2D eigenvalue weighted by molar-refractivity contribution is 5.84. The fourth-order valence-electron chi connectivity index (χ4n) is 7.57. The molecule has 4 heterocycles. The molecule has 3 aromatic carbocycles.